The third kappa shape index (κ3) is 4.42. The largest absolute Gasteiger partial charge is 0.484 e. The van der Waals surface area contributed by atoms with Gasteiger partial charge in [0.1, 0.15) is 5.75 Å². The normalized spacial score (nSPS) is 21.0. The highest BCUT2D eigenvalue weighted by Crippen LogP contribution is 2.24. The number of rotatable bonds is 6. The van der Waals surface area contributed by atoms with Crippen molar-refractivity contribution in [1.29, 1.82) is 0 Å². The standard InChI is InChI=1S/C14H18N2O5/c17-13-6-1-3-10(13)8-15-14(18)9-21-12-5-2-4-11(7-12)16(19)20/h2,4-5,7,10,13,17H,1,3,6,8-9H2,(H,15,18). The van der Waals surface area contributed by atoms with Gasteiger partial charge in [-0.2, -0.15) is 0 Å². The summed E-state index contributed by atoms with van der Waals surface area (Å²) in [6.07, 6.45) is 2.33. The van der Waals surface area contributed by atoms with Gasteiger partial charge in [-0.1, -0.05) is 12.5 Å². The van der Waals surface area contributed by atoms with Crippen LogP contribution in [0.25, 0.3) is 0 Å². The van der Waals surface area contributed by atoms with Gasteiger partial charge in [0.25, 0.3) is 11.6 Å². The lowest BCUT2D eigenvalue weighted by atomic mass is 10.1. The maximum absolute atomic E-state index is 11.6. The van der Waals surface area contributed by atoms with E-state index in [9.17, 15) is 20.0 Å². The molecular weight excluding hydrogens is 276 g/mol. The molecule has 1 aromatic rings. The molecule has 1 aliphatic carbocycles. The minimum absolute atomic E-state index is 0.0815. The molecule has 2 rings (SSSR count). The molecule has 2 unspecified atom stereocenters. The zero-order valence-corrected chi connectivity index (χ0v) is 11.5. The van der Waals surface area contributed by atoms with Crippen molar-refractivity contribution in [2.24, 2.45) is 5.92 Å². The molecule has 1 aromatic carbocycles. The van der Waals surface area contributed by atoms with Crippen LogP contribution >= 0.6 is 0 Å². The van der Waals surface area contributed by atoms with Gasteiger partial charge in [0.05, 0.1) is 17.1 Å². The summed E-state index contributed by atoms with van der Waals surface area (Å²) in [6.45, 7) is 0.224. The Hall–Kier alpha value is -2.15. The van der Waals surface area contributed by atoms with Crippen LogP contribution < -0.4 is 10.1 Å². The lowest BCUT2D eigenvalue weighted by Gasteiger charge is -2.15. The maximum Gasteiger partial charge on any atom is 0.273 e. The van der Waals surface area contributed by atoms with Crippen LogP contribution in [0, 0.1) is 16.0 Å². The number of amides is 1. The number of carbonyl (C=O) groups excluding carboxylic acids is 1. The number of ether oxygens (including phenoxy) is 1. The highest BCUT2D eigenvalue weighted by Gasteiger charge is 2.25. The Balaban J connectivity index is 1.76. The molecule has 2 atom stereocenters. The highest BCUT2D eigenvalue weighted by molar-refractivity contribution is 5.77. The van der Waals surface area contributed by atoms with Crippen LogP contribution in [0.1, 0.15) is 19.3 Å². The summed E-state index contributed by atoms with van der Waals surface area (Å²) in [7, 11) is 0. The lowest BCUT2D eigenvalue weighted by molar-refractivity contribution is -0.384. The van der Waals surface area contributed by atoms with Crippen molar-refractivity contribution in [2.45, 2.75) is 25.4 Å². The van der Waals surface area contributed by atoms with E-state index in [2.05, 4.69) is 5.32 Å². The number of benzene rings is 1. The molecular formula is C14H18N2O5. The monoisotopic (exact) mass is 294 g/mol. The molecule has 0 saturated heterocycles. The number of nitro benzene ring substituents is 1. The van der Waals surface area contributed by atoms with Crippen molar-refractivity contribution < 1.29 is 19.6 Å². The number of aliphatic hydroxyl groups is 1. The summed E-state index contributed by atoms with van der Waals surface area (Å²) in [5.41, 5.74) is -0.0815. The van der Waals surface area contributed by atoms with E-state index in [1.807, 2.05) is 0 Å². The zero-order valence-electron chi connectivity index (χ0n) is 11.5. The van der Waals surface area contributed by atoms with E-state index in [0.29, 0.717) is 6.54 Å². The van der Waals surface area contributed by atoms with Crippen molar-refractivity contribution in [1.82, 2.24) is 5.32 Å². The van der Waals surface area contributed by atoms with Crippen LogP contribution in [0.3, 0.4) is 0 Å². The molecule has 1 saturated carbocycles. The number of nitro groups is 1. The fraction of sp³-hybridized carbons (Fsp3) is 0.500. The van der Waals surface area contributed by atoms with Gasteiger partial charge in [-0.3, -0.25) is 14.9 Å². The fourth-order valence-corrected chi connectivity index (χ4v) is 2.39. The Morgan fingerprint density at radius 2 is 2.29 bits per heavy atom. The summed E-state index contributed by atoms with van der Waals surface area (Å²) < 4.78 is 5.22. The summed E-state index contributed by atoms with van der Waals surface area (Å²) in [5.74, 6) is 0.0765. The van der Waals surface area contributed by atoms with Crippen LogP contribution in [0.4, 0.5) is 5.69 Å². The van der Waals surface area contributed by atoms with Crippen LogP contribution in [-0.4, -0.2) is 35.2 Å². The molecule has 0 heterocycles. The molecule has 7 nitrogen and oxygen atoms in total. The van der Waals surface area contributed by atoms with Crippen LogP contribution in [0.2, 0.25) is 0 Å². The fourth-order valence-electron chi connectivity index (χ4n) is 2.39. The van der Waals surface area contributed by atoms with Gasteiger partial charge < -0.3 is 15.2 Å². The van der Waals surface area contributed by atoms with Gasteiger partial charge in [0.2, 0.25) is 0 Å². The Bertz CT molecular complexity index is 520. The zero-order chi connectivity index (χ0) is 15.2. The quantitative estimate of drug-likeness (QED) is 0.607. The molecule has 114 valence electrons. The van der Waals surface area contributed by atoms with Crippen LogP contribution in [0.5, 0.6) is 5.75 Å². The number of hydrogen-bond acceptors (Lipinski definition) is 5. The smallest absolute Gasteiger partial charge is 0.273 e. The number of nitrogens with zero attached hydrogens (tertiary/aromatic N) is 1. The van der Waals surface area contributed by atoms with Gasteiger partial charge in [-0.25, -0.2) is 0 Å². The van der Waals surface area contributed by atoms with Gasteiger partial charge >= 0.3 is 0 Å². The third-order valence-corrected chi connectivity index (χ3v) is 3.58. The molecule has 21 heavy (non-hydrogen) atoms. The van der Waals surface area contributed by atoms with Crippen LogP contribution in [0.15, 0.2) is 24.3 Å². The second kappa shape index (κ2) is 7.03. The average Bonchev–Trinajstić information content (AvgIpc) is 2.88. The van der Waals surface area contributed by atoms with Gasteiger partial charge in [-0.05, 0) is 18.9 Å². The van der Waals surface area contributed by atoms with Gasteiger partial charge in [0, 0.05) is 18.5 Å². The van der Waals surface area contributed by atoms with E-state index in [1.54, 1.807) is 6.07 Å². The summed E-state index contributed by atoms with van der Waals surface area (Å²) in [4.78, 5) is 21.7. The summed E-state index contributed by atoms with van der Waals surface area (Å²) in [6, 6.07) is 5.68. The number of hydrogen-bond donors (Lipinski definition) is 2. The molecule has 0 aliphatic heterocycles. The van der Waals surface area contributed by atoms with E-state index in [1.165, 1.54) is 18.2 Å². The van der Waals surface area contributed by atoms with Crippen molar-refractivity contribution >= 4 is 11.6 Å². The van der Waals surface area contributed by atoms with Gasteiger partial charge in [0.15, 0.2) is 6.61 Å². The first-order valence-electron chi connectivity index (χ1n) is 6.88. The minimum atomic E-state index is -0.519. The predicted octanol–water partition coefficient (Wildman–Crippen LogP) is 1.25. The van der Waals surface area contributed by atoms with E-state index in [4.69, 9.17) is 4.74 Å². The molecule has 1 fully saturated rings. The molecule has 0 bridgehead atoms. The first kappa shape index (κ1) is 15.2. The number of aliphatic hydroxyl groups excluding tert-OH is 1. The molecule has 1 amide bonds. The Morgan fingerprint density at radius 1 is 1.48 bits per heavy atom. The molecule has 0 spiro atoms. The highest BCUT2D eigenvalue weighted by atomic mass is 16.6. The second-order valence-electron chi connectivity index (χ2n) is 5.11. The molecule has 0 aromatic heterocycles. The van der Waals surface area contributed by atoms with E-state index < -0.39 is 4.92 Å². The minimum Gasteiger partial charge on any atom is -0.484 e. The van der Waals surface area contributed by atoms with Crippen molar-refractivity contribution in [3.05, 3.63) is 34.4 Å². The number of carbonyl (C=O) groups is 1. The maximum atomic E-state index is 11.6. The molecule has 7 heteroatoms. The first-order chi connectivity index (χ1) is 10.1. The molecule has 2 N–H and O–H groups in total. The Kier molecular flexibility index (Phi) is 5.10. The lowest BCUT2D eigenvalue weighted by Crippen LogP contribution is -2.35. The van der Waals surface area contributed by atoms with Gasteiger partial charge in [-0.15, -0.1) is 0 Å². The summed E-state index contributed by atoms with van der Waals surface area (Å²) in [5, 5.41) is 23.0. The van der Waals surface area contributed by atoms with Crippen molar-refractivity contribution in [3.63, 3.8) is 0 Å². The number of non-ortho nitro benzene ring substituents is 1. The first-order valence-corrected chi connectivity index (χ1v) is 6.88. The number of nitrogens with one attached hydrogen (secondary N) is 1. The van der Waals surface area contributed by atoms with Crippen LogP contribution in [-0.2, 0) is 4.79 Å². The van der Waals surface area contributed by atoms with E-state index >= 15 is 0 Å². The van der Waals surface area contributed by atoms with Crippen molar-refractivity contribution in [3.8, 4) is 5.75 Å². The van der Waals surface area contributed by atoms with Crippen molar-refractivity contribution in [2.75, 3.05) is 13.2 Å². The summed E-state index contributed by atoms with van der Waals surface area (Å²) >= 11 is 0. The van der Waals surface area contributed by atoms with E-state index in [0.717, 1.165) is 19.3 Å². The second-order valence-corrected chi connectivity index (χ2v) is 5.11. The Morgan fingerprint density at radius 3 is 2.95 bits per heavy atom. The molecule has 0 radical (unpaired) electrons. The third-order valence-electron chi connectivity index (χ3n) is 3.58. The topological polar surface area (TPSA) is 102 Å². The SMILES string of the molecule is O=C(COc1cccc([N+](=O)[O-])c1)NCC1CCCC1O. The Labute approximate surface area is 122 Å². The van der Waals surface area contributed by atoms with E-state index in [-0.39, 0.29) is 36.0 Å². The predicted molar refractivity (Wildman–Crippen MR) is 74.9 cm³/mol. The average molecular weight is 294 g/mol. The molecule has 1 aliphatic rings.